The van der Waals surface area contributed by atoms with Crippen LogP contribution in [0.3, 0.4) is 0 Å². The molecule has 226 valence electrons. The van der Waals surface area contributed by atoms with Gasteiger partial charge in [0.05, 0.1) is 18.2 Å². The molecule has 2 unspecified atom stereocenters. The molecule has 2 atom stereocenters. The molecule has 1 fully saturated rings. The lowest BCUT2D eigenvalue weighted by atomic mass is 9.87. The van der Waals surface area contributed by atoms with Crippen LogP contribution < -0.4 is 15.8 Å². The van der Waals surface area contributed by atoms with E-state index in [0.29, 0.717) is 67.1 Å². The van der Waals surface area contributed by atoms with E-state index in [-0.39, 0.29) is 23.1 Å². The number of fused-ring (bicyclic) bond motifs is 2. The summed E-state index contributed by atoms with van der Waals surface area (Å²) in [4.78, 5) is 6.93. The van der Waals surface area contributed by atoms with Gasteiger partial charge in [-0.3, -0.25) is 0 Å². The van der Waals surface area contributed by atoms with Crippen molar-refractivity contribution < 1.29 is 19.0 Å². The number of hydrogen-bond donors (Lipinski definition) is 3. The molecule has 4 rings (SSSR count). The summed E-state index contributed by atoms with van der Waals surface area (Å²) >= 11 is 0. The highest BCUT2D eigenvalue weighted by Crippen LogP contribution is 2.46. The van der Waals surface area contributed by atoms with E-state index in [2.05, 4.69) is 37.2 Å². The van der Waals surface area contributed by atoms with Crippen LogP contribution in [0.4, 0.5) is 10.1 Å². The fraction of sp³-hybridized carbons (Fsp3) is 0.441. The third kappa shape index (κ3) is 6.88. The van der Waals surface area contributed by atoms with E-state index in [1.54, 1.807) is 19.1 Å². The summed E-state index contributed by atoms with van der Waals surface area (Å²) in [5.41, 5.74) is 9.80. The average Bonchev–Trinajstić information content (AvgIpc) is 3.13. The van der Waals surface area contributed by atoms with Gasteiger partial charge in [0, 0.05) is 37.3 Å². The maximum atomic E-state index is 17.0. The second kappa shape index (κ2) is 14.5. The molecule has 0 saturated carbocycles. The van der Waals surface area contributed by atoms with Gasteiger partial charge in [-0.15, -0.1) is 0 Å². The van der Waals surface area contributed by atoms with E-state index >= 15 is 4.39 Å². The number of nitrogens with one attached hydrogen (secondary N) is 1. The molecule has 1 saturated heterocycles. The summed E-state index contributed by atoms with van der Waals surface area (Å²) in [7, 11) is 0. The third-order valence-corrected chi connectivity index (χ3v) is 7.98. The van der Waals surface area contributed by atoms with Crippen LogP contribution in [0.1, 0.15) is 64.0 Å². The number of benzene rings is 1. The van der Waals surface area contributed by atoms with Crippen molar-refractivity contribution in [3.8, 4) is 5.75 Å². The maximum absolute atomic E-state index is 17.0. The van der Waals surface area contributed by atoms with Gasteiger partial charge < -0.3 is 30.5 Å². The van der Waals surface area contributed by atoms with Crippen LogP contribution in [0.5, 0.6) is 5.75 Å². The number of piperazine rings is 1. The molecular weight excluding hydrogens is 531 g/mol. The van der Waals surface area contributed by atoms with Gasteiger partial charge in [-0.2, -0.15) is 0 Å². The van der Waals surface area contributed by atoms with Gasteiger partial charge in [0.1, 0.15) is 23.8 Å². The predicted molar refractivity (Wildman–Crippen MR) is 170 cm³/mol. The number of aliphatic hydroxyl groups is 1. The molecule has 0 bridgehead atoms. The first kappa shape index (κ1) is 31.3. The molecule has 4 N–H and O–H groups in total. The second-order valence-electron chi connectivity index (χ2n) is 10.9. The van der Waals surface area contributed by atoms with Crippen molar-refractivity contribution in [3.63, 3.8) is 0 Å². The molecule has 0 spiro atoms. The Bertz CT molecular complexity index is 1340. The summed E-state index contributed by atoms with van der Waals surface area (Å²) < 4.78 is 29.2. The monoisotopic (exact) mass is 576 g/mol. The number of ether oxygens (including phenoxy) is 2. The molecule has 3 aliphatic rings. The van der Waals surface area contributed by atoms with Crippen molar-refractivity contribution in [2.75, 3.05) is 32.8 Å². The molecule has 0 amide bonds. The van der Waals surface area contributed by atoms with Crippen molar-refractivity contribution in [2.45, 2.75) is 65.0 Å². The van der Waals surface area contributed by atoms with Crippen LogP contribution in [-0.2, 0) is 4.74 Å². The van der Waals surface area contributed by atoms with E-state index in [1.807, 2.05) is 18.2 Å². The Morgan fingerprint density at radius 2 is 2.19 bits per heavy atom. The van der Waals surface area contributed by atoms with E-state index in [4.69, 9.17) is 20.2 Å². The van der Waals surface area contributed by atoms with Gasteiger partial charge in [-0.25, -0.2) is 9.38 Å². The van der Waals surface area contributed by atoms with Gasteiger partial charge in [0.25, 0.3) is 0 Å². The van der Waals surface area contributed by atoms with Crippen molar-refractivity contribution >= 4 is 22.9 Å². The Kier molecular flexibility index (Phi) is 10.8. The summed E-state index contributed by atoms with van der Waals surface area (Å²) in [6, 6.07) is 2.09. The number of allylic oxidation sites excluding steroid dienone is 8. The molecular formula is C34H45FN4O3. The molecule has 2 heterocycles. The highest BCUT2D eigenvalue weighted by molar-refractivity contribution is 5.90. The normalized spacial score (nSPS) is 22.1. The van der Waals surface area contributed by atoms with Gasteiger partial charge in [0.15, 0.2) is 11.7 Å². The van der Waals surface area contributed by atoms with E-state index < -0.39 is 5.82 Å². The van der Waals surface area contributed by atoms with Crippen LogP contribution >= 0.6 is 0 Å². The van der Waals surface area contributed by atoms with E-state index in [1.165, 1.54) is 6.08 Å². The largest absolute Gasteiger partial charge is 0.508 e. The molecule has 0 radical (unpaired) electrons. The predicted octanol–water partition coefficient (Wildman–Crippen LogP) is 6.72. The summed E-state index contributed by atoms with van der Waals surface area (Å²) in [6.45, 7) is 16.9. The minimum atomic E-state index is -0.528. The molecule has 0 aromatic heterocycles. The van der Waals surface area contributed by atoms with E-state index in [0.717, 1.165) is 43.5 Å². The first-order valence-electron chi connectivity index (χ1n) is 15.0. The zero-order valence-corrected chi connectivity index (χ0v) is 25.2. The Balaban J connectivity index is 1.95. The fourth-order valence-corrected chi connectivity index (χ4v) is 5.77. The molecule has 8 heteroatoms. The van der Waals surface area contributed by atoms with Gasteiger partial charge in [-0.05, 0) is 67.2 Å². The van der Waals surface area contributed by atoms with Crippen LogP contribution in [0.2, 0.25) is 0 Å². The lowest BCUT2D eigenvalue weighted by Crippen LogP contribution is -2.56. The number of aliphatic hydroxyl groups excluding tert-OH is 1. The Morgan fingerprint density at radius 3 is 2.90 bits per heavy atom. The van der Waals surface area contributed by atoms with Crippen molar-refractivity contribution in [2.24, 2.45) is 10.7 Å². The second-order valence-corrected chi connectivity index (χ2v) is 10.9. The molecule has 7 nitrogen and oxygen atoms in total. The smallest absolute Gasteiger partial charge is 0.185 e. The number of halogens is 1. The maximum Gasteiger partial charge on any atom is 0.185 e. The molecule has 1 aromatic carbocycles. The SMILES string of the molecule is C=C/C(O)=C\C(=C1/CC=CC=C1CC)c1cc2c(c(/N=C(\C)OCCCN)c1F)C(=C)N1CC(CCC)NCC1CO2. The minimum absolute atomic E-state index is 0.0453. The van der Waals surface area contributed by atoms with E-state index in [9.17, 15) is 5.11 Å². The number of nitrogens with zero attached hydrogens (tertiary/aromatic N) is 2. The molecule has 42 heavy (non-hydrogen) atoms. The zero-order chi connectivity index (χ0) is 30.2. The van der Waals surface area contributed by atoms with Crippen molar-refractivity contribution in [3.05, 3.63) is 83.5 Å². The highest BCUT2D eigenvalue weighted by atomic mass is 19.1. The standard InChI is InChI=1S/C34H45FN4O3/c1-6-12-25-20-39-22(4)32-31(42-21-26(39)19-37-25)18-30(33(35)34(32)38-23(5)41-16-11-15-36)29(17-27(40)8-3)28-14-10-9-13-24(28)7-2/h8-10,13,17-18,25-26,37,40H,3-4,6-7,11-12,14-16,19-21,36H2,1-2,5H3/b27-17+,29-28-,38-23+. The fourth-order valence-electron chi connectivity index (χ4n) is 5.77. The van der Waals surface area contributed by atoms with Crippen molar-refractivity contribution in [1.82, 2.24) is 10.2 Å². The lowest BCUT2D eigenvalue weighted by molar-refractivity contribution is 0.146. The van der Waals surface area contributed by atoms with Gasteiger partial charge >= 0.3 is 0 Å². The zero-order valence-electron chi connectivity index (χ0n) is 25.2. The summed E-state index contributed by atoms with van der Waals surface area (Å²) in [5, 5.41) is 14.2. The number of aliphatic imine (C=N–C) groups is 1. The number of nitrogens with two attached hydrogens (primary N) is 1. The number of rotatable bonds is 10. The van der Waals surface area contributed by atoms with Crippen LogP contribution in [-0.4, -0.2) is 60.8 Å². The quantitative estimate of drug-likeness (QED) is 0.0941. The third-order valence-electron chi connectivity index (χ3n) is 7.98. The van der Waals surface area contributed by atoms with Gasteiger partial charge in [0.2, 0.25) is 0 Å². The molecule has 1 aromatic rings. The minimum Gasteiger partial charge on any atom is -0.508 e. The summed E-state index contributed by atoms with van der Waals surface area (Å²) in [6.07, 6.45) is 13.1. The van der Waals surface area contributed by atoms with Gasteiger partial charge in [-0.1, -0.05) is 51.7 Å². The van der Waals surface area contributed by atoms with Crippen LogP contribution in [0, 0.1) is 5.82 Å². The average molecular weight is 577 g/mol. The van der Waals surface area contributed by atoms with Crippen LogP contribution in [0.15, 0.2) is 71.5 Å². The Morgan fingerprint density at radius 1 is 1.38 bits per heavy atom. The first-order chi connectivity index (χ1) is 20.3. The van der Waals surface area contributed by atoms with Crippen LogP contribution in [0.25, 0.3) is 11.3 Å². The topological polar surface area (TPSA) is 92.3 Å². The first-order valence-corrected chi connectivity index (χ1v) is 15.0. The lowest BCUT2D eigenvalue weighted by Gasteiger charge is -2.41. The Labute approximate surface area is 249 Å². The van der Waals surface area contributed by atoms with Crippen molar-refractivity contribution in [1.29, 1.82) is 0 Å². The highest BCUT2D eigenvalue weighted by Gasteiger charge is 2.36. The number of hydrogen-bond acceptors (Lipinski definition) is 7. The molecule has 1 aliphatic carbocycles. The summed E-state index contributed by atoms with van der Waals surface area (Å²) in [5.74, 6) is 0.246. The Hall–Kier alpha value is -3.62. The molecule has 2 aliphatic heterocycles.